The lowest BCUT2D eigenvalue weighted by Crippen LogP contribution is -2.28. The number of aromatic nitrogens is 2. The van der Waals surface area contributed by atoms with E-state index in [4.69, 9.17) is 9.15 Å². The third-order valence-electron chi connectivity index (χ3n) is 4.39. The van der Waals surface area contributed by atoms with Gasteiger partial charge in [0.2, 0.25) is 11.8 Å². The van der Waals surface area contributed by atoms with Gasteiger partial charge in [0, 0.05) is 23.6 Å². The molecule has 2 aromatic carbocycles. The van der Waals surface area contributed by atoms with Crippen molar-refractivity contribution < 1.29 is 13.9 Å². The van der Waals surface area contributed by atoms with Gasteiger partial charge in [-0.1, -0.05) is 24.3 Å². The minimum absolute atomic E-state index is 0.0736. The summed E-state index contributed by atoms with van der Waals surface area (Å²) in [7, 11) is 0. The Kier molecular flexibility index (Phi) is 4.39. The number of benzene rings is 2. The fourth-order valence-electron chi connectivity index (χ4n) is 3.12. The van der Waals surface area contributed by atoms with E-state index in [2.05, 4.69) is 15.5 Å². The smallest absolute Gasteiger partial charge is 0.251 e. The zero-order valence-electron chi connectivity index (χ0n) is 14.4. The molecule has 0 unspecified atom stereocenters. The van der Waals surface area contributed by atoms with Crippen molar-refractivity contribution >= 4 is 5.91 Å². The summed E-state index contributed by atoms with van der Waals surface area (Å²) in [5, 5.41) is 11.0. The summed E-state index contributed by atoms with van der Waals surface area (Å²) in [5.41, 5.74) is 2.30. The lowest BCUT2D eigenvalue weighted by Gasteiger charge is -2.18. The monoisotopic (exact) mass is 349 g/mol. The first-order valence-electron chi connectivity index (χ1n) is 8.64. The first kappa shape index (κ1) is 16.3. The molecule has 0 saturated heterocycles. The fourth-order valence-corrected chi connectivity index (χ4v) is 3.12. The highest BCUT2D eigenvalue weighted by Gasteiger charge is 2.22. The van der Waals surface area contributed by atoms with E-state index in [9.17, 15) is 4.79 Å². The van der Waals surface area contributed by atoms with E-state index in [1.54, 1.807) is 19.1 Å². The van der Waals surface area contributed by atoms with E-state index in [0.29, 0.717) is 24.0 Å². The quantitative estimate of drug-likeness (QED) is 0.780. The van der Waals surface area contributed by atoms with Crippen LogP contribution < -0.4 is 10.1 Å². The van der Waals surface area contributed by atoms with E-state index >= 15 is 0 Å². The number of carbonyl (C=O) groups excluding carboxylic acids is 1. The van der Waals surface area contributed by atoms with Crippen molar-refractivity contribution in [1.82, 2.24) is 15.5 Å². The standard InChI is InChI=1S/C20H19N3O3/c1-13-22-23-20(26-13)15-7-4-6-14(12-15)19(24)21-17-9-5-11-25-18-10-3-2-8-16(17)18/h2-4,6-8,10,12,17H,5,9,11H2,1H3,(H,21,24)/t17-/m1/s1. The third-order valence-corrected chi connectivity index (χ3v) is 4.39. The maximum Gasteiger partial charge on any atom is 0.251 e. The zero-order valence-corrected chi connectivity index (χ0v) is 14.4. The highest BCUT2D eigenvalue weighted by atomic mass is 16.5. The maximum atomic E-state index is 12.8. The zero-order chi connectivity index (χ0) is 17.9. The largest absolute Gasteiger partial charge is 0.493 e. The number of nitrogens with one attached hydrogen (secondary N) is 1. The normalized spacial score (nSPS) is 16.3. The average molecular weight is 349 g/mol. The molecule has 2 heterocycles. The highest BCUT2D eigenvalue weighted by Crippen LogP contribution is 2.31. The van der Waals surface area contributed by atoms with Crippen LogP contribution in [0.2, 0.25) is 0 Å². The van der Waals surface area contributed by atoms with Crippen molar-refractivity contribution in [3.63, 3.8) is 0 Å². The van der Waals surface area contributed by atoms with Crippen LogP contribution in [-0.4, -0.2) is 22.7 Å². The number of rotatable bonds is 3. The van der Waals surface area contributed by atoms with E-state index in [1.807, 2.05) is 36.4 Å². The van der Waals surface area contributed by atoms with Crippen LogP contribution in [0.25, 0.3) is 11.5 Å². The summed E-state index contributed by atoms with van der Waals surface area (Å²) in [6, 6.07) is 15.0. The van der Waals surface area contributed by atoms with Crippen molar-refractivity contribution in [1.29, 1.82) is 0 Å². The van der Waals surface area contributed by atoms with Crippen LogP contribution in [0.15, 0.2) is 52.9 Å². The second-order valence-corrected chi connectivity index (χ2v) is 6.26. The van der Waals surface area contributed by atoms with Crippen molar-refractivity contribution in [3.05, 3.63) is 65.5 Å². The number of hydrogen-bond donors (Lipinski definition) is 1. The Labute approximate surface area is 151 Å². The van der Waals surface area contributed by atoms with Crippen LogP contribution in [0.3, 0.4) is 0 Å². The lowest BCUT2D eigenvalue weighted by molar-refractivity contribution is 0.0934. The van der Waals surface area contributed by atoms with Crippen LogP contribution in [0.1, 0.15) is 40.7 Å². The van der Waals surface area contributed by atoms with Gasteiger partial charge in [0.15, 0.2) is 0 Å². The van der Waals surface area contributed by atoms with E-state index in [0.717, 1.165) is 29.7 Å². The molecule has 132 valence electrons. The predicted octanol–water partition coefficient (Wildman–Crippen LogP) is 3.69. The molecule has 0 radical (unpaired) electrons. The maximum absolute atomic E-state index is 12.8. The molecule has 1 atom stereocenters. The number of fused-ring (bicyclic) bond motifs is 1. The molecule has 6 heteroatoms. The Balaban J connectivity index is 1.57. The Morgan fingerprint density at radius 1 is 1.15 bits per heavy atom. The van der Waals surface area contributed by atoms with Gasteiger partial charge in [-0.3, -0.25) is 4.79 Å². The van der Waals surface area contributed by atoms with Gasteiger partial charge < -0.3 is 14.5 Å². The number of nitrogens with zero attached hydrogens (tertiary/aromatic N) is 2. The lowest BCUT2D eigenvalue weighted by atomic mass is 10.0. The van der Waals surface area contributed by atoms with Crippen molar-refractivity contribution in [2.45, 2.75) is 25.8 Å². The molecular weight excluding hydrogens is 330 g/mol. The van der Waals surface area contributed by atoms with Gasteiger partial charge >= 0.3 is 0 Å². The highest BCUT2D eigenvalue weighted by molar-refractivity contribution is 5.95. The van der Waals surface area contributed by atoms with Crippen LogP contribution in [-0.2, 0) is 0 Å². The molecule has 1 amide bonds. The van der Waals surface area contributed by atoms with Crippen LogP contribution in [0.4, 0.5) is 0 Å². The molecule has 6 nitrogen and oxygen atoms in total. The Morgan fingerprint density at radius 2 is 2.04 bits per heavy atom. The third kappa shape index (κ3) is 3.31. The van der Waals surface area contributed by atoms with Crippen LogP contribution in [0, 0.1) is 6.92 Å². The molecule has 1 aliphatic rings. The van der Waals surface area contributed by atoms with Gasteiger partial charge in [-0.05, 0) is 37.1 Å². The molecule has 1 aliphatic heterocycles. The number of amides is 1. The van der Waals surface area contributed by atoms with E-state index in [-0.39, 0.29) is 11.9 Å². The summed E-state index contributed by atoms with van der Waals surface area (Å²) < 4.78 is 11.2. The molecule has 1 aromatic heterocycles. The molecule has 0 spiro atoms. The van der Waals surface area contributed by atoms with Gasteiger partial charge in [0.05, 0.1) is 12.6 Å². The second kappa shape index (κ2) is 7.00. The van der Waals surface area contributed by atoms with Gasteiger partial charge in [-0.15, -0.1) is 10.2 Å². The predicted molar refractivity (Wildman–Crippen MR) is 95.8 cm³/mol. The van der Waals surface area contributed by atoms with Gasteiger partial charge in [-0.25, -0.2) is 0 Å². The van der Waals surface area contributed by atoms with Crippen molar-refractivity contribution in [3.8, 4) is 17.2 Å². The minimum atomic E-state index is -0.134. The average Bonchev–Trinajstić information content (AvgIpc) is 3.00. The molecule has 0 saturated carbocycles. The van der Waals surface area contributed by atoms with Crippen LogP contribution in [0.5, 0.6) is 5.75 Å². The molecule has 0 bridgehead atoms. The molecule has 26 heavy (non-hydrogen) atoms. The molecule has 0 aliphatic carbocycles. The van der Waals surface area contributed by atoms with E-state index < -0.39 is 0 Å². The SMILES string of the molecule is Cc1nnc(-c2cccc(C(=O)N[C@@H]3CCCOc4ccccc43)c2)o1. The van der Waals surface area contributed by atoms with Gasteiger partial charge in [-0.2, -0.15) is 0 Å². The molecule has 1 N–H and O–H groups in total. The van der Waals surface area contributed by atoms with Gasteiger partial charge in [0.25, 0.3) is 5.91 Å². The minimum Gasteiger partial charge on any atom is -0.493 e. The molecule has 3 aromatic rings. The van der Waals surface area contributed by atoms with Crippen molar-refractivity contribution in [2.24, 2.45) is 0 Å². The first-order valence-corrected chi connectivity index (χ1v) is 8.64. The fraction of sp³-hybridized carbons (Fsp3) is 0.250. The van der Waals surface area contributed by atoms with Gasteiger partial charge in [0.1, 0.15) is 5.75 Å². The summed E-state index contributed by atoms with van der Waals surface area (Å²) in [5.74, 6) is 1.60. The summed E-state index contributed by atoms with van der Waals surface area (Å²) >= 11 is 0. The molecular formula is C20H19N3O3. The Bertz CT molecular complexity index is 935. The summed E-state index contributed by atoms with van der Waals surface area (Å²) in [4.78, 5) is 12.8. The Morgan fingerprint density at radius 3 is 2.88 bits per heavy atom. The van der Waals surface area contributed by atoms with Crippen molar-refractivity contribution in [2.75, 3.05) is 6.61 Å². The Hall–Kier alpha value is -3.15. The number of ether oxygens (including phenoxy) is 1. The number of aryl methyl sites for hydroxylation is 1. The molecule has 0 fully saturated rings. The second-order valence-electron chi connectivity index (χ2n) is 6.26. The number of hydrogen-bond acceptors (Lipinski definition) is 5. The summed E-state index contributed by atoms with van der Waals surface area (Å²) in [6.45, 7) is 2.40. The number of carbonyl (C=O) groups is 1. The summed E-state index contributed by atoms with van der Waals surface area (Å²) in [6.07, 6.45) is 1.73. The first-order chi connectivity index (χ1) is 12.7. The number of para-hydroxylation sites is 1. The van der Waals surface area contributed by atoms with Crippen LogP contribution >= 0.6 is 0 Å². The molecule has 4 rings (SSSR count). The van der Waals surface area contributed by atoms with E-state index in [1.165, 1.54) is 0 Å². The topological polar surface area (TPSA) is 77.2 Å².